The largest absolute Gasteiger partial charge is 0.465 e. The first-order chi connectivity index (χ1) is 7.31. The zero-order valence-corrected chi connectivity index (χ0v) is 9.70. The van der Waals surface area contributed by atoms with Crippen LogP contribution < -0.4 is 0 Å². The number of carbonyl (C=O) groups excluding carboxylic acids is 1. The Morgan fingerprint density at radius 3 is 2.73 bits per heavy atom. The number of hydrogen-bond acceptors (Lipinski definition) is 4. The van der Waals surface area contributed by atoms with E-state index >= 15 is 0 Å². The van der Waals surface area contributed by atoms with Gasteiger partial charge in [-0.25, -0.2) is 4.79 Å². The molecule has 0 aliphatic carbocycles. The molecule has 0 heterocycles. The smallest absolute Gasteiger partial charge is 0.348 e. The van der Waals surface area contributed by atoms with E-state index < -0.39 is 5.97 Å². The van der Waals surface area contributed by atoms with Gasteiger partial charge in [0.15, 0.2) is 0 Å². The van der Waals surface area contributed by atoms with Crippen molar-refractivity contribution in [2.45, 2.75) is 32.6 Å². The van der Waals surface area contributed by atoms with Gasteiger partial charge in [0.05, 0.1) is 20.3 Å². The van der Waals surface area contributed by atoms with Crippen LogP contribution in [0.1, 0.15) is 32.6 Å². The summed E-state index contributed by atoms with van der Waals surface area (Å²) in [5, 5.41) is 0. The van der Waals surface area contributed by atoms with Gasteiger partial charge in [0.1, 0.15) is 6.21 Å². The molecule has 0 atom stereocenters. The van der Waals surface area contributed by atoms with Crippen LogP contribution in [0.5, 0.6) is 0 Å². The van der Waals surface area contributed by atoms with Gasteiger partial charge in [0.25, 0.3) is 0 Å². The maximum atomic E-state index is 10.6. The van der Waals surface area contributed by atoms with Crippen LogP contribution >= 0.6 is 0 Å². The zero-order valence-electron chi connectivity index (χ0n) is 9.70. The summed E-state index contributed by atoms with van der Waals surface area (Å²) in [6.07, 6.45) is 6.02. The molecule has 0 aliphatic heterocycles. The Kier molecular flexibility index (Phi) is 10.5. The first-order valence-electron chi connectivity index (χ1n) is 5.46. The molecule has 15 heavy (non-hydrogen) atoms. The molecule has 0 aliphatic rings. The minimum Gasteiger partial charge on any atom is -0.465 e. The maximum Gasteiger partial charge on any atom is 0.348 e. The molecule has 0 spiro atoms. The van der Waals surface area contributed by atoms with Gasteiger partial charge in [-0.1, -0.05) is 26.2 Å². The number of aliphatic imine (C=N–C) groups is 1. The quantitative estimate of drug-likeness (QED) is 0.335. The van der Waals surface area contributed by atoms with Crippen molar-refractivity contribution in [2.75, 3.05) is 26.9 Å². The number of methoxy groups -OCH3 is 1. The van der Waals surface area contributed by atoms with Gasteiger partial charge < -0.3 is 9.47 Å². The molecule has 0 aromatic carbocycles. The van der Waals surface area contributed by atoms with Crippen molar-refractivity contribution < 1.29 is 14.3 Å². The van der Waals surface area contributed by atoms with Crippen LogP contribution in [0.4, 0.5) is 0 Å². The lowest BCUT2D eigenvalue weighted by atomic mass is 10.2. The fraction of sp³-hybridized carbons (Fsp3) is 0.818. The van der Waals surface area contributed by atoms with Gasteiger partial charge >= 0.3 is 5.97 Å². The third-order valence-electron chi connectivity index (χ3n) is 1.90. The minimum atomic E-state index is -0.419. The Labute approximate surface area is 91.7 Å². The molecule has 0 rings (SSSR count). The van der Waals surface area contributed by atoms with Gasteiger partial charge in [0.2, 0.25) is 0 Å². The lowest BCUT2D eigenvalue weighted by Gasteiger charge is -2.01. The summed E-state index contributed by atoms with van der Waals surface area (Å²) in [6, 6.07) is 0. The number of rotatable bonds is 9. The van der Waals surface area contributed by atoms with Crippen LogP contribution in [0, 0.1) is 0 Å². The third-order valence-corrected chi connectivity index (χ3v) is 1.90. The summed E-state index contributed by atoms with van der Waals surface area (Å²) >= 11 is 0. The Bertz CT molecular complexity index is 181. The molecule has 0 N–H and O–H groups in total. The topological polar surface area (TPSA) is 47.9 Å². The third kappa shape index (κ3) is 11.0. The van der Waals surface area contributed by atoms with Crippen molar-refractivity contribution in [2.24, 2.45) is 4.99 Å². The highest BCUT2D eigenvalue weighted by Crippen LogP contribution is 1.98. The Morgan fingerprint density at radius 2 is 2.07 bits per heavy atom. The van der Waals surface area contributed by atoms with E-state index in [0.717, 1.165) is 13.0 Å². The highest BCUT2D eigenvalue weighted by atomic mass is 16.5. The monoisotopic (exact) mass is 215 g/mol. The van der Waals surface area contributed by atoms with Crippen LogP contribution in [-0.2, 0) is 14.3 Å². The standard InChI is InChI=1S/C11H21NO3/c1-3-4-5-6-8-15-9-7-12-10-11(13)14-2/h10H,3-9H2,1-2H3. The summed E-state index contributed by atoms with van der Waals surface area (Å²) in [7, 11) is 1.33. The number of ether oxygens (including phenoxy) is 2. The van der Waals surface area contributed by atoms with E-state index in [0.29, 0.717) is 13.2 Å². The molecule has 0 unspecified atom stereocenters. The Morgan fingerprint density at radius 1 is 1.27 bits per heavy atom. The normalized spacial score (nSPS) is 10.8. The average Bonchev–Trinajstić information content (AvgIpc) is 2.26. The average molecular weight is 215 g/mol. The van der Waals surface area contributed by atoms with Crippen LogP contribution in [0.25, 0.3) is 0 Å². The maximum absolute atomic E-state index is 10.6. The van der Waals surface area contributed by atoms with E-state index in [2.05, 4.69) is 16.7 Å². The molecule has 88 valence electrons. The Hall–Kier alpha value is -0.900. The van der Waals surface area contributed by atoms with Crippen molar-refractivity contribution in [3.8, 4) is 0 Å². The Balaban J connectivity index is 3.11. The molecule has 0 radical (unpaired) electrons. The number of nitrogens with zero attached hydrogens (tertiary/aromatic N) is 1. The fourth-order valence-corrected chi connectivity index (χ4v) is 1.04. The van der Waals surface area contributed by atoms with Crippen molar-refractivity contribution >= 4 is 12.2 Å². The number of esters is 1. The van der Waals surface area contributed by atoms with Crippen LogP contribution in [0.15, 0.2) is 4.99 Å². The van der Waals surface area contributed by atoms with E-state index in [1.807, 2.05) is 0 Å². The van der Waals surface area contributed by atoms with Crippen LogP contribution in [-0.4, -0.2) is 39.1 Å². The van der Waals surface area contributed by atoms with Crippen molar-refractivity contribution in [3.05, 3.63) is 0 Å². The molecule has 4 heteroatoms. The molecule has 0 fully saturated rings. The molecule has 4 nitrogen and oxygen atoms in total. The van der Waals surface area contributed by atoms with Gasteiger partial charge in [0, 0.05) is 6.61 Å². The van der Waals surface area contributed by atoms with E-state index in [9.17, 15) is 4.79 Å². The number of carbonyl (C=O) groups is 1. The summed E-state index contributed by atoms with van der Waals surface area (Å²) in [5.41, 5.74) is 0. The van der Waals surface area contributed by atoms with E-state index in [1.54, 1.807) is 0 Å². The van der Waals surface area contributed by atoms with Gasteiger partial charge in [-0.05, 0) is 6.42 Å². The highest BCUT2D eigenvalue weighted by molar-refractivity contribution is 6.23. The van der Waals surface area contributed by atoms with Gasteiger partial charge in [-0.2, -0.15) is 0 Å². The molecule has 0 aromatic rings. The molecular formula is C11H21NO3. The number of unbranched alkanes of at least 4 members (excludes halogenated alkanes) is 3. The minimum absolute atomic E-state index is 0.419. The van der Waals surface area contributed by atoms with Gasteiger partial charge in [-0.15, -0.1) is 0 Å². The second-order valence-electron chi connectivity index (χ2n) is 3.23. The molecule has 0 saturated carbocycles. The van der Waals surface area contributed by atoms with E-state index in [1.165, 1.54) is 32.6 Å². The van der Waals surface area contributed by atoms with Gasteiger partial charge in [-0.3, -0.25) is 4.99 Å². The SMILES string of the molecule is CCCCCCOCCN=CC(=O)OC. The van der Waals surface area contributed by atoms with Crippen molar-refractivity contribution in [1.29, 1.82) is 0 Å². The second kappa shape index (κ2) is 11.2. The zero-order chi connectivity index (χ0) is 11.4. The first-order valence-corrected chi connectivity index (χ1v) is 5.46. The van der Waals surface area contributed by atoms with E-state index in [4.69, 9.17) is 4.74 Å². The first kappa shape index (κ1) is 14.1. The second-order valence-corrected chi connectivity index (χ2v) is 3.23. The summed E-state index contributed by atoms with van der Waals surface area (Å²) in [4.78, 5) is 14.5. The van der Waals surface area contributed by atoms with E-state index in [-0.39, 0.29) is 0 Å². The van der Waals surface area contributed by atoms with Crippen LogP contribution in [0.3, 0.4) is 0 Å². The lowest BCUT2D eigenvalue weighted by Crippen LogP contribution is -2.04. The van der Waals surface area contributed by atoms with Crippen molar-refractivity contribution in [3.63, 3.8) is 0 Å². The molecule has 0 bridgehead atoms. The number of hydrogen-bond donors (Lipinski definition) is 0. The molecule has 0 aromatic heterocycles. The van der Waals surface area contributed by atoms with Crippen molar-refractivity contribution in [1.82, 2.24) is 0 Å². The molecule has 0 saturated heterocycles. The molecule has 0 amide bonds. The summed E-state index contributed by atoms with van der Waals surface area (Å²) in [6.45, 7) is 4.05. The lowest BCUT2D eigenvalue weighted by molar-refractivity contribution is -0.132. The fourth-order valence-electron chi connectivity index (χ4n) is 1.04. The van der Waals surface area contributed by atoms with Crippen LogP contribution in [0.2, 0.25) is 0 Å². The predicted octanol–water partition coefficient (Wildman–Crippen LogP) is 1.83. The summed E-state index contributed by atoms with van der Waals surface area (Å²) in [5.74, 6) is -0.419. The predicted molar refractivity (Wildman–Crippen MR) is 60.3 cm³/mol. The highest BCUT2D eigenvalue weighted by Gasteiger charge is 1.91. The summed E-state index contributed by atoms with van der Waals surface area (Å²) < 4.78 is 9.72. The molecular weight excluding hydrogens is 194 g/mol.